The second-order valence-corrected chi connectivity index (χ2v) is 6.69. The number of benzene rings is 1. The normalized spacial score (nSPS) is 14.3. The van der Waals surface area contributed by atoms with Gasteiger partial charge in [0.05, 0.1) is 11.9 Å². The molecule has 1 saturated heterocycles. The highest BCUT2D eigenvalue weighted by atomic mass is 32.2. The number of carbonyl (C=O) groups excluding carboxylic acids is 2. The number of amides is 3. The molecular weight excluding hydrogens is 326 g/mol. The van der Waals surface area contributed by atoms with E-state index in [9.17, 15) is 9.59 Å². The van der Waals surface area contributed by atoms with Crippen molar-refractivity contribution in [3.63, 3.8) is 0 Å². The lowest BCUT2D eigenvalue weighted by Crippen LogP contribution is -2.37. The van der Waals surface area contributed by atoms with Crippen LogP contribution in [0.2, 0.25) is 0 Å². The number of carbonyl (C=O) groups is 2. The zero-order valence-corrected chi connectivity index (χ0v) is 14.2. The van der Waals surface area contributed by atoms with E-state index in [0.717, 1.165) is 24.6 Å². The lowest BCUT2D eigenvalue weighted by atomic mass is 10.1. The summed E-state index contributed by atoms with van der Waals surface area (Å²) in [5, 5.41) is 9.42. The molecule has 7 nitrogen and oxygen atoms in total. The predicted molar refractivity (Wildman–Crippen MR) is 95.5 cm³/mol. The van der Waals surface area contributed by atoms with E-state index in [1.54, 1.807) is 48.4 Å². The molecule has 0 bridgehead atoms. The van der Waals surface area contributed by atoms with Crippen LogP contribution in [0, 0.1) is 0 Å². The predicted octanol–water partition coefficient (Wildman–Crippen LogP) is 2.25. The van der Waals surface area contributed by atoms with Gasteiger partial charge in [-0.05, 0) is 18.2 Å². The largest absolute Gasteiger partial charge is 0.337 e. The van der Waals surface area contributed by atoms with Gasteiger partial charge in [-0.25, -0.2) is 4.79 Å². The van der Waals surface area contributed by atoms with Gasteiger partial charge in [0.1, 0.15) is 0 Å². The SMILES string of the molecule is Cn1cc(NC(=O)Nc2cccc(C(=O)N3CCSCC3)c2)cn1. The Morgan fingerprint density at radius 1 is 1.17 bits per heavy atom. The molecule has 2 N–H and O–H groups in total. The quantitative estimate of drug-likeness (QED) is 0.894. The van der Waals surface area contributed by atoms with E-state index in [0.29, 0.717) is 16.9 Å². The lowest BCUT2D eigenvalue weighted by Gasteiger charge is -2.26. The van der Waals surface area contributed by atoms with Gasteiger partial charge in [-0.15, -0.1) is 0 Å². The fourth-order valence-electron chi connectivity index (χ4n) is 2.46. The van der Waals surface area contributed by atoms with Gasteiger partial charge in [-0.1, -0.05) is 6.07 Å². The molecule has 0 atom stereocenters. The standard InChI is InChI=1S/C16H19N5O2S/c1-20-11-14(10-17-20)19-16(23)18-13-4-2-3-12(9-13)15(22)21-5-7-24-8-6-21/h2-4,9-11H,5-8H2,1H3,(H2,18,19,23). The van der Waals surface area contributed by atoms with E-state index in [4.69, 9.17) is 0 Å². The maximum Gasteiger partial charge on any atom is 0.323 e. The Morgan fingerprint density at radius 3 is 2.62 bits per heavy atom. The number of anilines is 2. The van der Waals surface area contributed by atoms with Gasteiger partial charge >= 0.3 is 6.03 Å². The average molecular weight is 345 g/mol. The number of hydrogen-bond donors (Lipinski definition) is 2. The van der Waals surface area contributed by atoms with Crippen molar-refractivity contribution in [2.75, 3.05) is 35.2 Å². The molecule has 8 heteroatoms. The molecule has 0 aliphatic carbocycles. The van der Waals surface area contributed by atoms with E-state index in [2.05, 4.69) is 15.7 Å². The molecule has 3 rings (SSSR count). The van der Waals surface area contributed by atoms with Crippen molar-refractivity contribution in [3.8, 4) is 0 Å². The highest BCUT2D eigenvalue weighted by Gasteiger charge is 2.18. The van der Waals surface area contributed by atoms with Crippen molar-refractivity contribution in [2.45, 2.75) is 0 Å². The molecule has 1 aromatic heterocycles. The van der Waals surface area contributed by atoms with Crippen molar-refractivity contribution in [1.29, 1.82) is 0 Å². The number of rotatable bonds is 3. The third-order valence-corrected chi connectivity index (χ3v) is 4.57. The molecule has 1 fully saturated rings. The van der Waals surface area contributed by atoms with E-state index in [1.807, 2.05) is 16.7 Å². The average Bonchev–Trinajstić information content (AvgIpc) is 3.00. The first-order valence-electron chi connectivity index (χ1n) is 7.65. The molecule has 2 aromatic rings. The summed E-state index contributed by atoms with van der Waals surface area (Å²) < 4.78 is 1.60. The minimum absolute atomic E-state index is 0.00613. The first-order chi connectivity index (χ1) is 11.6. The van der Waals surface area contributed by atoms with Crippen LogP contribution in [0.4, 0.5) is 16.2 Å². The molecule has 0 spiro atoms. The van der Waals surface area contributed by atoms with Crippen LogP contribution < -0.4 is 10.6 Å². The molecule has 1 aliphatic rings. The molecule has 1 aliphatic heterocycles. The van der Waals surface area contributed by atoms with Crippen molar-refractivity contribution >= 4 is 35.1 Å². The first kappa shape index (κ1) is 16.4. The second-order valence-electron chi connectivity index (χ2n) is 5.47. The Labute approximate surface area is 144 Å². The van der Waals surface area contributed by atoms with Gasteiger partial charge in [0.15, 0.2) is 0 Å². The van der Waals surface area contributed by atoms with Crippen molar-refractivity contribution < 1.29 is 9.59 Å². The monoisotopic (exact) mass is 345 g/mol. The molecular formula is C16H19N5O2S. The van der Waals surface area contributed by atoms with Crippen LogP contribution in [-0.4, -0.2) is 51.2 Å². The van der Waals surface area contributed by atoms with E-state index < -0.39 is 0 Å². The van der Waals surface area contributed by atoms with Gasteiger partial charge in [-0.2, -0.15) is 16.9 Å². The topological polar surface area (TPSA) is 79.3 Å². The summed E-state index contributed by atoms with van der Waals surface area (Å²) in [5.41, 5.74) is 1.77. The van der Waals surface area contributed by atoms with E-state index >= 15 is 0 Å². The summed E-state index contributed by atoms with van der Waals surface area (Å²) in [7, 11) is 1.78. The minimum atomic E-state index is -0.373. The summed E-state index contributed by atoms with van der Waals surface area (Å²) in [6, 6.07) is 6.63. The smallest absolute Gasteiger partial charge is 0.323 e. The summed E-state index contributed by atoms with van der Waals surface area (Å²) >= 11 is 1.86. The third kappa shape index (κ3) is 4.08. The fraction of sp³-hybridized carbons (Fsp3) is 0.312. The van der Waals surface area contributed by atoms with Crippen LogP contribution >= 0.6 is 11.8 Å². The maximum absolute atomic E-state index is 12.5. The maximum atomic E-state index is 12.5. The number of nitrogens with zero attached hydrogens (tertiary/aromatic N) is 3. The first-order valence-corrected chi connectivity index (χ1v) is 8.81. The zero-order chi connectivity index (χ0) is 16.9. The Hall–Kier alpha value is -2.48. The highest BCUT2D eigenvalue weighted by Crippen LogP contribution is 2.16. The molecule has 1 aromatic carbocycles. The van der Waals surface area contributed by atoms with Gasteiger partial charge in [-0.3, -0.25) is 9.48 Å². The van der Waals surface area contributed by atoms with Gasteiger partial charge < -0.3 is 15.5 Å². The van der Waals surface area contributed by atoms with E-state index in [-0.39, 0.29) is 11.9 Å². The summed E-state index contributed by atoms with van der Waals surface area (Å²) in [6.45, 7) is 1.53. The number of hydrogen-bond acceptors (Lipinski definition) is 4. The molecule has 0 saturated carbocycles. The van der Waals surface area contributed by atoms with Crippen LogP contribution in [0.15, 0.2) is 36.7 Å². The van der Waals surface area contributed by atoms with Crippen molar-refractivity contribution in [3.05, 3.63) is 42.2 Å². The van der Waals surface area contributed by atoms with E-state index in [1.165, 1.54) is 0 Å². The zero-order valence-electron chi connectivity index (χ0n) is 13.4. The molecule has 0 radical (unpaired) electrons. The van der Waals surface area contributed by atoms with Gasteiger partial charge in [0, 0.05) is 49.1 Å². The lowest BCUT2D eigenvalue weighted by molar-refractivity contribution is 0.0772. The molecule has 126 valence electrons. The summed E-state index contributed by atoms with van der Waals surface area (Å²) in [6.07, 6.45) is 3.27. The van der Waals surface area contributed by atoms with Crippen LogP contribution in [0.3, 0.4) is 0 Å². The molecule has 2 heterocycles. The highest BCUT2D eigenvalue weighted by molar-refractivity contribution is 7.99. The van der Waals surface area contributed by atoms with Crippen LogP contribution in [0.5, 0.6) is 0 Å². The van der Waals surface area contributed by atoms with Crippen LogP contribution in [0.25, 0.3) is 0 Å². The Morgan fingerprint density at radius 2 is 1.92 bits per heavy atom. The third-order valence-electron chi connectivity index (χ3n) is 3.63. The number of aromatic nitrogens is 2. The Kier molecular flexibility index (Phi) is 5.05. The number of aryl methyl sites for hydroxylation is 1. The van der Waals surface area contributed by atoms with Gasteiger partial charge in [0.25, 0.3) is 5.91 Å². The van der Waals surface area contributed by atoms with Gasteiger partial charge in [0.2, 0.25) is 0 Å². The fourth-order valence-corrected chi connectivity index (χ4v) is 3.36. The Bertz CT molecular complexity index is 740. The number of urea groups is 1. The molecule has 3 amide bonds. The van der Waals surface area contributed by atoms with Crippen LogP contribution in [0.1, 0.15) is 10.4 Å². The Balaban J connectivity index is 1.64. The van der Waals surface area contributed by atoms with Crippen molar-refractivity contribution in [2.24, 2.45) is 7.05 Å². The minimum Gasteiger partial charge on any atom is -0.337 e. The summed E-state index contributed by atoms with van der Waals surface area (Å²) in [4.78, 5) is 26.4. The second kappa shape index (κ2) is 7.39. The number of nitrogens with one attached hydrogen (secondary N) is 2. The van der Waals surface area contributed by atoms with Crippen LogP contribution in [-0.2, 0) is 7.05 Å². The molecule has 0 unspecified atom stereocenters. The van der Waals surface area contributed by atoms with Crippen molar-refractivity contribution in [1.82, 2.24) is 14.7 Å². The number of thioether (sulfide) groups is 1. The summed E-state index contributed by atoms with van der Waals surface area (Å²) in [5.74, 6) is 1.95. The molecule has 24 heavy (non-hydrogen) atoms.